The number of carbonyl (C=O) groups excluding carboxylic acids is 1. The third-order valence-corrected chi connectivity index (χ3v) is 3.69. The Morgan fingerprint density at radius 1 is 1.25 bits per heavy atom. The topological polar surface area (TPSA) is 88.5 Å². The Morgan fingerprint density at radius 2 is 1.88 bits per heavy atom. The SMILES string of the molecule is CC(C)(C)OC(=O)Nc1sc2nc(C(F)(F)F)ccc2c1C(=O)O. The Morgan fingerprint density at radius 3 is 2.38 bits per heavy atom. The number of halogens is 3. The number of ether oxygens (including phenoxy) is 1. The van der Waals surface area contributed by atoms with E-state index in [-0.39, 0.29) is 20.8 Å². The van der Waals surface area contributed by atoms with Gasteiger partial charge in [-0.1, -0.05) is 11.3 Å². The molecule has 0 aliphatic carbocycles. The molecule has 0 saturated carbocycles. The maximum Gasteiger partial charge on any atom is 0.433 e. The van der Waals surface area contributed by atoms with Gasteiger partial charge in [-0.2, -0.15) is 13.2 Å². The molecule has 1 amide bonds. The molecule has 2 N–H and O–H groups in total. The summed E-state index contributed by atoms with van der Waals surface area (Å²) in [6.45, 7) is 4.85. The molecule has 0 spiro atoms. The second-order valence-electron chi connectivity index (χ2n) is 5.79. The number of pyridine rings is 1. The second-order valence-corrected chi connectivity index (χ2v) is 6.78. The summed E-state index contributed by atoms with van der Waals surface area (Å²) in [6, 6.07) is 1.71. The molecule has 2 rings (SSSR count). The molecule has 24 heavy (non-hydrogen) atoms. The van der Waals surface area contributed by atoms with Crippen molar-refractivity contribution in [3.63, 3.8) is 0 Å². The largest absolute Gasteiger partial charge is 0.478 e. The van der Waals surface area contributed by atoms with E-state index >= 15 is 0 Å². The molecule has 0 aromatic carbocycles. The minimum atomic E-state index is -4.65. The zero-order valence-electron chi connectivity index (χ0n) is 12.8. The first-order valence-corrected chi connectivity index (χ1v) is 7.44. The third kappa shape index (κ3) is 3.94. The van der Waals surface area contributed by atoms with Crippen LogP contribution in [-0.2, 0) is 10.9 Å². The normalized spacial score (nSPS) is 12.2. The summed E-state index contributed by atoms with van der Waals surface area (Å²) in [5.41, 5.74) is -2.29. The lowest BCUT2D eigenvalue weighted by Gasteiger charge is -2.19. The maximum atomic E-state index is 12.7. The van der Waals surface area contributed by atoms with Crippen molar-refractivity contribution in [2.24, 2.45) is 0 Å². The summed E-state index contributed by atoms with van der Waals surface area (Å²) in [5, 5.41) is 11.4. The molecule has 2 heterocycles. The van der Waals surface area contributed by atoms with Gasteiger partial charge in [0.2, 0.25) is 0 Å². The lowest BCUT2D eigenvalue weighted by molar-refractivity contribution is -0.140. The Bertz CT molecular complexity index is 809. The summed E-state index contributed by atoms with van der Waals surface area (Å²) >= 11 is 0.633. The van der Waals surface area contributed by atoms with E-state index in [1.807, 2.05) is 0 Å². The Hall–Kier alpha value is -2.36. The molecule has 0 aliphatic rings. The second kappa shape index (κ2) is 5.93. The van der Waals surface area contributed by atoms with Crippen molar-refractivity contribution < 1.29 is 32.6 Å². The van der Waals surface area contributed by atoms with Gasteiger partial charge in [0.15, 0.2) is 0 Å². The summed E-state index contributed by atoms with van der Waals surface area (Å²) in [6.07, 6.45) is -5.56. The number of anilines is 1. The number of hydrogen-bond donors (Lipinski definition) is 2. The van der Waals surface area contributed by atoms with Crippen molar-refractivity contribution in [2.45, 2.75) is 32.5 Å². The van der Waals surface area contributed by atoms with Gasteiger partial charge in [-0.25, -0.2) is 14.6 Å². The number of thiophene rings is 1. The van der Waals surface area contributed by atoms with Gasteiger partial charge in [-0.05, 0) is 32.9 Å². The molecule has 0 fully saturated rings. The predicted molar refractivity (Wildman–Crippen MR) is 81.4 cm³/mol. The van der Waals surface area contributed by atoms with Crippen LogP contribution in [0.25, 0.3) is 10.2 Å². The van der Waals surface area contributed by atoms with Gasteiger partial charge < -0.3 is 9.84 Å². The fourth-order valence-corrected chi connectivity index (χ4v) is 2.88. The van der Waals surface area contributed by atoms with E-state index < -0.39 is 29.5 Å². The number of aromatic carboxylic acids is 1. The molecule has 2 aromatic heterocycles. The number of nitrogens with one attached hydrogen (secondary N) is 1. The molecule has 0 aliphatic heterocycles. The highest BCUT2D eigenvalue weighted by molar-refractivity contribution is 7.23. The Kier molecular flexibility index (Phi) is 4.44. The van der Waals surface area contributed by atoms with Crippen LogP contribution in [0.3, 0.4) is 0 Å². The number of amides is 1. The Balaban J connectivity index is 2.47. The van der Waals surface area contributed by atoms with E-state index in [0.717, 1.165) is 6.07 Å². The van der Waals surface area contributed by atoms with Crippen LogP contribution in [0.2, 0.25) is 0 Å². The van der Waals surface area contributed by atoms with Crippen LogP contribution in [0.15, 0.2) is 12.1 Å². The fraction of sp³-hybridized carbons (Fsp3) is 0.357. The lowest BCUT2D eigenvalue weighted by atomic mass is 10.2. The van der Waals surface area contributed by atoms with E-state index in [9.17, 15) is 27.9 Å². The molecule has 0 saturated heterocycles. The standard InChI is InChI=1S/C14H13F3N2O4S/c1-13(2,3)23-12(22)19-10-8(11(20)21)6-4-5-7(14(15,16)17)18-9(6)24-10/h4-5H,1-3H3,(H,19,22)(H,20,21). The number of nitrogens with zero attached hydrogens (tertiary/aromatic N) is 1. The molecular formula is C14H13F3N2O4S. The molecule has 0 unspecified atom stereocenters. The predicted octanol–water partition coefficient (Wildman–Crippen LogP) is 4.36. The molecule has 0 atom stereocenters. The average Bonchev–Trinajstić information content (AvgIpc) is 2.71. The number of hydrogen-bond acceptors (Lipinski definition) is 5. The molecule has 6 nitrogen and oxygen atoms in total. The lowest BCUT2D eigenvalue weighted by Crippen LogP contribution is -2.27. The van der Waals surface area contributed by atoms with Crippen LogP contribution >= 0.6 is 11.3 Å². The molecule has 0 bridgehead atoms. The number of carboxylic acids is 1. The summed E-state index contributed by atoms with van der Waals surface area (Å²) in [7, 11) is 0. The highest BCUT2D eigenvalue weighted by Gasteiger charge is 2.33. The number of rotatable bonds is 2. The van der Waals surface area contributed by atoms with Gasteiger partial charge in [0.05, 0.1) is 0 Å². The zero-order valence-corrected chi connectivity index (χ0v) is 13.6. The van der Waals surface area contributed by atoms with Crippen LogP contribution in [0, 0.1) is 0 Å². The minimum absolute atomic E-state index is 0.00607. The quantitative estimate of drug-likeness (QED) is 0.829. The van der Waals surface area contributed by atoms with Crippen LogP contribution < -0.4 is 5.32 Å². The first-order valence-electron chi connectivity index (χ1n) is 6.62. The highest BCUT2D eigenvalue weighted by Crippen LogP contribution is 2.37. The van der Waals surface area contributed by atoms with E-state index in [4.69, 9.17) is 4.74 Å². The van der Waals surface area contributed by atoms with E-state index in [1.165, 1.54) is 0 Å². The van der Waals surface area contributed by atoms with E-state index in [1.54, 1.807) is 20.8 Å². The zero-order chi connectivity index (χ0) is 18.3. The molecule has 10 heteroatoms. The summed E-state index contributed by atoms with van der Waals surface area (Å²) < 4.78 is 43.2. The highest BCUT2D eigenvalue weighted by atomic mass is 32.1. The van der Waals surface area contributed by atoms with Crippen molar-refractivity contribution in [1.82, 2.24) is 4.98 Å². The smallest absolute Gasteiger partial charge is 0.433 e. The van der Waals surface area contributed by atoms with Crippen molar-refractivity contribution in [3.8, 4) is 0 Å². The van der Waals surface area contributed by atoms with Crippen LogP contribution in [-0.4, -0.2) is 27.8 Å². The van der Waals surface area contributed by atoms with Crippen LogP contribution in [0.5, 0.6) is 0 Å². The van der Waals surface area contributed by atoms with Gasteiger partial charge in [0.1, 0.15) is 26.7 Å². The third-order valence-electron chi connectivity index (χ3n) is 2.67. The van der Waals surface area contributed by atoms with E-state index in [0.29, 0.717) is 17.4 Å². The van der Waals surface area contributed by atoms with Crippen molar-refractivity contribution >= 4 is 38.6 Å². The first kappa shape index (κ1) is 18.0. The van der Waals surface area contributed by atoms with Crippen LogP contribution in [0.4, 0.5) is 23.0 Å². The van der Waals surface area contributed by atoms with Gasteiger partial charge in [0, 0.05) is 5.39 Å². The average molecular weight is 362 g/mol. The van der Waals surface area contributed by atoms with Crippen molar-refractivity contribution in [1.29, 1.82) is 0 Å². The molecular weight excluding hydrogens is 349 g/mol. The van der Waals surface area contributed by atoms with Crippen molar-refractivity contribution in [2.75, 3.05) is 5.32 Å². The number of carbonyl (C=O) groups is 2. The molecule has 130 valence electrons. The first-order chi connectivity index (χ1) is 10.9. The van der Waals surface area contributed by atoms with Gasteiger partial charge >= 0.3 is 18.2 Å². The number of carboxylic acid groups (broad SMARTS) is 1. The van der Waals surface area contributed by atoms with Gasteiger partial charge in [-0.15, -0.1) is 0 Å². The number of aromatic nitrogens is 1. The van der Waals surface area contributed by atoms with Crippen molar-refractivity contribution in [3.05, 3.63) is 23.4 Å². The van der Waals surface area contributed by atoms with Crippen LogP contribution in [0.1, 0.15) is 36.8 Å². The monoisotopic (exact) mass is 362 g/mol. The Labute approximate surface area is 138 Å². The van der Waals surface area contributed by atoms with Gasteiger partial charge in [0.25, 0.3) is 0 Å². The summed E-state index contributed by atoms with van der Waals surface area (Å²) in [4.78, 5) is 26.5. The minimum Gasteiger partial charge on any atom is -0.478 e. The number of fused-ring (bicyclic) bond motifs is 1. The fourth-order valence-electron chi connectivity index (χ4n) is 1.83. The molecule has 0 radical (unpaired) electrons. The van der Waals surface area contributed by atoms with Gasteiger partial charge in [-0.3, -0.25) is 5.32 Å². The summed E-state index contributed by atoms with van der Waals surface area (Å²) in [5.74, 6) is -1.39. The number of alkyl halides is 3. The maximum absolute atomic E-state index is 12.7. The molecule has 2 aromatic rings. The van der Waals surface area contributed by atoms with E-state index in [2.05, 4.69) is 10.3 Å².